The molecule has 1 aliphatic rings. The smallest absolute Gasteiger partial charge is 0.280 e. The summed E-state index contributed by atoms with van der Waals surface area (Å²) in [6.07, 6.45) is 3.35. The van der Waals surface area contributed by atoms with Crippen molar-refractivity contribution in [3.8, 4) is 17.1 Å². The van der Waals surface area contributed by atoms with Gasteiger partial charge in [0.15, 0.2) is 5.43 Å². The molecule has 0 unspecified atom stereocenters. The lowest BCUT2D eigenvalue weighted by Gasteiger charge is -2.21. The number of pyridine rings is 2. The van der Waals surface area contributed by atoms with Gasteiger partial charge < -0.3 is 9.67 Å². The van der Waals surface area contributed by atoms with Gasteiger partial charge in [-0.05, 0) is 18.1 Å². The maximum Gasteiger partial charge on any atom is 0.280 e. The lowest BCUT2D eigenvalue weighted by molar-refractivity contribution is 0.0704. The van der Waals surface area contributed by atoms with E-state index in [0.29, 0.717) is 24.4 Å². The van der Waals surface area contributed by atoms with E-state index in [1.165, 1.54) is 23.9 Å². The third-order valence-electron chi connectivity index (χ3n) is 3.29. The molecule has 0 saturated carbocycles. The number of hydroxylamine groups is 1. The minimum absolute atomic E-state index is 0.0795. The van der Waals surface area contributed by atoms with Crippen molar-refractivity contribution in [3.05, 3.63) is 45.9 Å². The van der Waals surface area contributed by atoms with Crippen LogP contribution in [0.5, 0.6) is 5.75 Å². The van der Waals surface area contributed by atoms with E-state index >= 15 is 0 Å². The Balaban J connectivity index is 2.20. The van der Waals surface area contributed by atoms with Crippen molar-refractivity contribution >= 4 is 5.91 Å². The second kappa shape index (κ2) is 4.46. The van der Waals surface area contributed by atoms with Crippen LogP contribution in [0.2, 0.25) is 0 Å². The molecule has 0 radical (unpaired) electrons. The Hall–Kier alpha value is -2.67. The van der Waals surface area contributed by atoms with Crippen LogP contribution in [0.3, 0.4) is 0 Å². The number of carbonyl (C=O) groups excluding carboxylic acids is 1. The standard InChI is InChI=1S/C13H11N3O4/c17-8-3-7-1-2-16-6-9(13(19)15-20)11(18)4-10(16)12(7)14-5-8/h3-6,17,20H,1-2H2,(H,15,19). The summed E-state index contributed by atoms with van der Waals surface area (Å²) >= 11 is 0. The number of nitrogens with one attached hydrogen (secondary N) is 1. The predicted molar refractivity (Wildman–Crippen MR) is 68.6 cm³/mol. The average molecular weight is 273 g/mol. The van der Waals surface area contributed by atoms with Crippen molar-refractivity contribution in [2.24, 2.45) is 0 Å². The molecule has 102 valence electrons. The zero-order valence-electron chi connectivity index (χ0n) is 10.3. The molecular formula is C13H11N3O4. The van der Waals surface area contributed by atoms with Gasteiger partial charge in [0.2, 0.25) is 0 Å². The van der Waals surface area contributed by atoms with Gasteiger partial charge in [-0.2, -0.15) is 0 Å². The number of nitrogens with zero attached hydrogens (tertiary/aromatic N) is 2. The number of aromatic nitrogens is 2. The monoisotopic (exact) mass is 273 g/mol. The van der Waals surface area contributed by atoms with E-state index < -0.39 is 11.3 Å². The highest BCUT2D eigenvalue weighted by Crippen LogP contribution is 2.28. The summed E-state index contributed by atoms with van der Waals surface area (Å²) in [5.41, 5.74) is 2.89. The van der Waals surface area contributed by atoms with Crippen LogP contribution in [0.4, 0.5) is 0 Å². The minimum Gasteiger partial charge on any atom is -0.506 e. The topological polar surface area (TPSA) is 104 Å². The highest BCUT2D eigenvalue weighted by molar-refractivity contribution is 5.93. The van der Waals surface area contributed by atoms with E-state index in [-0.39, 0.29) is 11.3 Å². The Kier molecular flexibility index (Phi) is 2.76. The molecule has 2 aromatic heterocycles. The number of carbonyl (C=O) groups is 1. The molecule has 7 heteroatoms. The van der Waals surface area contributed by atoms with E-state index in [1.54, 1.807) is 10.6 Å². The maximum atomic E-state index is 11.9. The molecule has 0 saturated heterocycles. The Morgan fingerprint density at radius 1 is 1.40 bits per heavy atom. The van der Waals surface area contributed by atoms with Crippen molar-refractivity contribution < 1.29 is 15.1 Å². The van der Waals surface area contributed by atoms with Crippen LogP contribution in [0.15, 0.2) is 29.3 Å². The average Bonchev–Trinajstić information content (AvgIpc) is 2.45. The molecular weight excluding hydrogens is 262 g/mol. The lowest BCUT2D eigenvalue weighted by Crippen LogP contribution is -2.28. The molecule has 3 N–H and O–H groups in total. The molecule has 7 nitrogen and oxygen atoms in total. The van der Waals surface area contributed by atoms with Crippen molar-refractivity contribution in [1.82, 2.24) is 15.0 Å². The fraction of sp³-hybridized carbons (Fsp3) is 0.154. The van der Waals surface area contributed by atoms with Crippen LogP contribution in [0, 0.1) is 0 Å². The number of amides is 1. The number of hydrogen-bond acceptors (Lipinski definition) is 5. The molecule has 1 aliphatic heterocycles. The highest BCUT2D eigenvalue weighted by atomic mass is 16.5. The summed E-state index contributed by atoms with van der Waals surface area (Å²) in [5, 5.41) is 18.0. The number of fused-ring (bicyclic) bond motifs is 3. The molecule has 0 spiro atoms. The third kappa shape index (κ3) is 1.84. The van der Waals surface area contributed by atoms with Gasteiger partial charge in [0, 0.05) is 18.8 Å². The summed E-state index contributed by atoms with van der Waals surface area (Å²) < 4.78 is 1.73. The number of rotatable bonds is 1. The van der Waals surface area contributed by atoms with Crippen LogP contribution in [-0.2, 0) is 13.0 Å². The highest BCUT2D eigenvalue weighted by Gasteiger charge is 2.20. The minimum atomic E-state index is -0.838. The van der Waals surface area contributed by atoms with Gasteiger partial charge >= 0.3 is 0 Å². The summed E-state index contributed by atoms with van der Waals surface area (Å²) in [6, 6.07) is 2.93. The van der Waals surface area contributed by atoms with Gasteiger partial charge in [-0.25, -0.2) is 5.48 Å². The van der Waals surface area contributed by atoms with Crippen LogP contribution < -0.4 is 10.9 Å². The van der Waals surface area contributed by atoms with E-state index in [1.807, 2.05) is 0 Å². The molecule has 0 aromatic carbocycles. The molecule has 0 fully saturated rings. The van der Waals surface area contributed by atoms with Crippen LogP contribution >= 0.6 is 0 Å². The van der Waals surface area contributed by atoms with Crippen LogP contribution in [-0.4, -0.2) is 25.8 Å². The molecule has 3 rings (SSSR count). The fourth-order valence-electron chi connectivity index (χ4n) is 2.35. The van der Waals surface area contributed by atoms with Crippen LogP contribution in [0.1, 0.15) is 15.9 Å². The van der Waals surface area contributed by atoms with E-state index in [2.05, 4.69) is 4.98 Å². The van der Waals surface area contributed by atoms with Crippen molar-refractivity contribution in [2.45, 2.75) is 13.0 Å². The van der Waals surface area contributed by atoms with Gasteiger partial charge in [-0.3, -0.25) is 19.8 Å². The van der Waals surface area contributed by atoms with Gasteiger partial charge in [0.1, 0.15) is 11.3 Å². The molecule has 0 atom stereocenters. The summed E-state index contributed by atoms with van der Waals surface area (Å²) in [7, 11) is 0. The first-order chi connectivity index (χ1) is 9.60. The van der Waals surface area contributed by atoms with Gasteiger partial charge in [0.25, 0.3) is 5.91 Å². The summed E-state index contributed by atoms with van der Waals surface area (Å²) in [5.74, 6) is -0.759. The normalized spacial score (nSPS) is 12.4. The quantitative estimate of drug-likeness (QED) is 0.511. The zero-order valence-corrected chi connectivity index (χ0v) is 10.3. The van der Waals surface area contributed by atoms with Crippen molar-refractivity contribution in [2.75, 3.05) is 0 Å². The van der Waals surface area contributed by atoms with Gasteiger partial charge in [0.05, 0.1) is 17.6 Å². The molecule has 1 amide bonds. The number of aromatic hydroxyl groups is 1. The number of aryl methyl sites for hydroxylation is 2. The Bertz CT molecular complexity index is 767. The Morgan fingerprint density at radius 3 is 2.95 bits per heavy atom. The third-order valence-corrected chi connectivity index (χ3v) is 3.29. The molecule has 0 bridgehead atoms. The van der Waals surface area contributed by atoms with Crippen molar-refractivity contribution in [1.29, 1.82) is 0 Å². The summed E-state index contributed by atoms with van der Waals surface area (Å²) in [6.45, 7) is 0.555. The first-order valence-corrected chi connectivity index (χ1v) is 5.97. The van der Waals surface area contributed by atoms with E-state index in [4.69, 9.17) is 5.21 Å². The molecule has 2 aromatic rings. The van der Waals surface area contributed by atoms with E-state index in [9.17, 15) is 14.7 Å². The van der Waals surface area contributed by atoms with E-state index in [0.717, 1.165) is 5.56 Å². The van der Waals surface area contributed by atoms with Crippen LogP contribution in [0.25, 0.3) is 11.4 Å². The predicted octanol–water partition coefficient (Wildman–Crippen LogP) is 0.291. The Labute approximate surface area is 113 Å². The Morgan fingerprint density at radius 2 is 2.20 bits per heavy atom. The SMILES string of the molecule is O=C(NO)c1cn2c(cc1=O)-c1ncc(O)cc1CC2. The second-order valence-electron chi connectivity index (χ2n) is 4.52. The van der Waals surface area contributed by atoms with Crippen molar-refractivity contribution in [3.63, 3.8) is 0 Å². The number of hydrogen-bond donors (Lipinski definition) is 3. The first-order valence-electron chi connectivity index (χ1n) is 5.97. The lowest BCUT2D eigenvalue weighted by atomic mass is 10.0. The maximum absolute atomic E-state index is 11.9. The van der Waals surface area contributed by atoms with Gasteiger partial charge in [-0.1, -0.05) is 0 Å². The molecule has 3 heterocycles. The molecule has 20 heavy (non-hydrogen) atoms. The van der Waals surface area contributed by atoms with Gasteiger partial charge in [-0.15, -0.1) is 0 Å². The largest absolute Gasteiger partial charge is 0.506 e. The second-order valence-corrected chi connectivity index (χ2v) is 4.52. The zero-order chi connectivity index (χ0) is 14.3. The summed E-state index contributed by atoms with van der Waals surface area (Å²) in [4.78, 5) is 27.4. The molecule has 0 aliphatic carbocycles. The first kappa shape index (κ1) is 12.4. The fourth-order valence-corrected chi connectivity index (χ4v) is 2.35.